The number of carbonyl (C=O) groups is 2. The number of imide groups is 1. The number of halogens is 2. The first-order valence-corrected chi connectivity index (χ1v) is 6.41. The largest absolute Gasteiger partial charge is 0.351 e. The fourth-order valence-corrected chi connectivity index (χ4v) is 2.42. The molecule has 0 spiro atoms. The van der Waals surface area contributed by atoms with Gasteiger partial charge in [0.1, 0.15) is 11.6 Å². The van der Waals surface area contributed by atoms with E-state index in [1.54, 1.807) is 13.8 Å². The Kier molecular flexibility index (Phi) is 5.29. The Balaban J connectivity index is 2.89. The Morgan fingerprint density at radius 1 is 1.32 bits per heavy atom. The third kappa shape index (κ3) is 4.51. The number of primary amides is 1. The van der Waals surface area contributed by atoms with Gasteiger partial charge in [-0.15, -0.1) is 11.8 Å². The number of nitrogens with two attached hydrogens (primary N) is 1. The summed E-state index contributed by atoms with van der Waals surface area (Å²) >= 11 is 0.921. The Morgan fingerprint density at radius 3 is 2.42 bits per heavy atom. The number of nitrogens with one attached hydrogen (secondary N) is 1. The molecule has 1 atom stereocenters. The van der Waals surface area contributed by atoms with Gasteiger partial charge < -0.3 is 5.73 Å². The summed E-state index contributed by atoms with van der Waals surface area (Å²) in [6.45, 7) is 3.50. The van der Waals surface area contributed by atoms with E-state index in [-0.39, 0.29) is 10.8 Å². The van der Waals surface area contributed by atoms with Gasteiger partial charge in [-0.25, -0.2) is 13.6 Å². The van der Waals surface area contributed by atoms with Crippen molar-refractivity contribution < 1.29 is 18.4 Å². The van der Waals surface area contributed by atoms with E-state index in [0.717, 1.165) is 23.9 Å². The summed E-state index contributed by atoms with van der Waals surface area (Å²) in [7, 11) is 0. The molecule has 0 aliphatic rings. The smallest absolute Gasteiger partial charge is 0.318 e. The number of hydrogen-bond donors (Lipinski definition) is 2. The number of urea groups is 1. The van der Waals surface area contributed by atoms with Gasteiger partial charge in [-0.2, -0.15) is 0 Å². The van der Waals surface area contributed by atoms with Crippen molar-refractivity contribution in [3.05, 3.63) is 29.8 Å². The second-order valence-electron chi connectivity index (χ2n) is 4.21. The van der Waals surface area contributed by atoms with Crippen LogP contribution >= 0.6 is 11.8 Å². The summed E-state index contributed by atoms with van der Waals surface area (Å²) < 4.78 is 26.3. The molecule has 1 aromatic carbocycles. The molecule has 1 unspecified atom stereocenters. The second kappa shape index (κ2) is 6.51. The van der Waals surface area contributed by atoms with Crippen molar-refractivity contribution in [3.8, 4) is 0 Å². The third-order valence-electron chi connectivity index (χ3n) is 2.26. The zero-order chi connectivity index (χ0) is 14.6. The van der Waals surface area contributed by atoms with Gasteiger partial charge in [0.25, 0.3) is 0 Å². The monoisotopic (exact) mass is 288 g/mol. The van der Waals surface area contributed by atoms with Crippen LogP contribution in [0, 0.1) is 17.6 Å². The molecule has 1 aromatic rings. The fourth-order valence-electron chi connectivity index (χ4n) is 1.39. The van der Waals surface area contributed by atoms with E-state index in [2.05, 4.69) is 0 Å². The number of hydrogen-bond acceptors (Lipinski definition) is 3. The van der Waals surface area contributed by atoms with E-state index >= 15 is 0 Å². The lowest BCUT2D eigenvalue weighted by atomic mass is 10.1. The average Bonchev–Trinajstić information content (AvgIpc) is 2.26. The van der Waals surface area contributed by atoms with Crippen LogP contribution in [0.1, 0.15) is 13.8 Å². The molecule has 0 saturated heterocycles. The molecule has 7 heteroatoms. The van der Waals surface area contributed by atoms with Gasteiger partial charge in [-0.1, -0.05) is 13.8 Å². The normalized spacial score (nSPS) is 12.3. The minimum Gasteiger partial charge on any atom is -0.351 e. The molecule has 4 nitrogen and oxygen atoms in total. The Bertz CT molecular complexity index is 495. The predicted molar refractivity (Wildman–Crippen MR) is 68.6 cm³/mol. The van der Waals surface area contributed by atoms with Crippen LogP contribution in [-0.4, -0.2) is 17.2 Å². The van der Waals surface area contributed by atoms with E-state index in [1.807, 2.05) is 5.32 Å². The number of thioether (sulfide) groups is 1. The molecule has 0 bridgehead atoms. The third-order valence-corrected chi connectivity index (χ3v) is 3.86. The van der Waals surface area contributed by atoms with Crippen LogP contribution in [0.5, 0.6) is 0 Å². The lowest BCUT2D eigenvalue weighted by Crippen LogP contribution is -2.42. The predicted octanol–water partition coefficient (Wildman–Crippen LogP) is 2.28. The Hall–Kier alpha value is -1.63. The van der Waals surface area contributed by atoms with Gasteiger partial charge in [0.2, 0.25) is 5.91 Å². The van der Waals surface area contributed by atoms with Gasteiger partial charge in [-0.3, -0.25) is 10.1 Å². The molecule has 0 aliphatic heterocycles. The van der Waals surface area contributed by atoms with E-state index in [1.165, 1.54) is 6.07 Å². The number of rotatable bonds is 4. The molecule has 0 aromatic heterocycles. The first-order chi connectivity index (χ1) is 8.81. The first-order valence-electron chi connectivity index (χ1n) is 5.53. The van der Waals surface area contributed by atoms with E-state index in [0.29, 0.717) is 0 Å². The molecular weight excluding hydrogens is 274 g/mol. The maximum absolute atomic E-state index is 13.5. The minimum atomic E-state index is -0.962. The zero-order valence-electron chi connectivity index (χ0n) is 10.4. The quantitative estimate of drug-likeness (QED) is 0.835. The van der Waals surface area contributed by atoms with Crippen molar-refractivity contribution in [2.75, 3.05) is 0 Å². The van der Waals surface area contributed by atoms with E-state index in [9.17, 15) is 18.4 Å². The van der Waals surface area contributed by atoms with Crippen LogP contribution in [0.2, 0.25) is 0 Å². The van der Waals surface area contributed by atoms with Gasteiger partial charge in [-0.05, 0) is 18.1 Å². The molecule has 0 fully saturated rings. The molecule has 104 valence electrons. The summed E-state index contributed by atoms with van der Waals surface area (Å²) in [5.41, 5.74) is 4.87. The minimum absolute atomic E-state index is 0.139. The molecule has 0 saturated carbocycles. The number of benzene rings is 1. The summed E-state index contributed by atoms with van der Waals surface area (Å²) in [6.07, 6.45) is 0. The van der Waals surface area contributed by atoms with Crippen molar-refractivity contribution in [1.82, 2.24) is 5.32 Å². The lowest BCUT2D eigenvalue weighted by Gasteiger charge is -2.19. The summed E-state index contributed by atoms with van der Waals surface area (Å²) in [5, 5.41) is 1.26. The van der Waals surface area contributed by atoms with Crippen LogP contribution < -0.4 is 11.1 Å². The number of carbonyl (C=O) groups excluding carboxylic acids is 2. The first kappa shape index (κ1) is 15.4. The van der Waals surface area contributed by atoms with Crippen LogP contribution in [-0.2, 0) is 4.79 Å². The summed E-state index contributed by atoms with van der Waals surface area (Å²) in [6, 6.07) is 2.14. The average molecular weight is 288 g/mol. The summed E-state index contributed by atoms with van der Waals surface area (Å²) in [4.78, 5) is 22.5. The van der Waals surface area contributed by atoms with Crippen molar-refractivity contribution >= 4 is 23.7 Å². The van der Waals surface area contributed by atoms with Crippen LogP contribution in [0.4, 0.5) is 13.6 Å². The molecule has 0 aliphatic carbocycles. The highest BCUT2D eigenvalue weighted by Gasteiger charge is 2.25. The van der Waals surface area contributed by atoms with Crippen LogP contribution in [0.3, 0.4) is 0 Å². The van der Waals surface area contributed by atoms with E-state index in [4.69, 9.17) is 5.73 Å². The highest BCUT2D eigenvalue weighted by atomic mass is 32.2. The molecular formula is C12H14F2N2O2S. The van der Waals surface area contributed by atoms with Gasteiger partial charge in [0.15, 0.2) is 0 Å². The SMILES string of the molecule is CC(C)C(Sc1ccc(F)cc1F)C(=O)NC(N)=O. The molecule has 3 amide bonds. The topological polar surface area (TPSA) is 72.2 Å². The second-order valence-corrected chi connectivity index (χ2v) is 5.39. The molecule has 0 heterocycles. The van der Waals surface area contributed by atoms with Gasteiger partial charge in [0, 0.05) is 11.0 Å². The van der Waals surface area contributed by atoms with Gasteiger partial charge >= 0.3 is 6.03 Å². The maximum atomic E-state index is 13.5. The number of amides is 3. The lowest BCUT2D eigenvalue weighted by molar-refractivity contribution is -0.120. The van der Waals surface area contributed by atoms with Crippen molar-refractivity contribution in [3.63, 3.8) is 0 Å². The zero-order valence-corrected chi connectivity index (χ0v) is 11.3. The van der Waals surface area contributed by atoms with Crippen molar-refractivity contribution in [2.24, 2.45) is 11.7 Å². The summed E-state index contributed by atoms with van der Waals surface area (Å²) in [5.74, 6) is -2.20. The molecule has 0 radical (unpaired) electrons. The Labute approximate surface area is 113 Å². The molecule has 3 N–H and O–H groups in total. The van der Waals surface area contributed by atoms with Crippen molar-refractivity contribution in [2.45, 2.75) is 24.0 Å². The maximum Gasteiger partial charge on any atom is 0.318 e. The highest BCUT2D eigenvalue weighted by molar-refractivity contribution is 8.00. The van der Waals surface area contributed by atoms with Crippen LogP contribution in [0.15, 0.2) is 23.1 Å². The standard InChI is InChI=1S/C12H14F2N2O2S/c1-6(2)10(11(17)16-12(15)18)19-9-4-3-7(13)5-8(9)14/h3-6,10H,1-2H3,(H3,15,16,17,18). The van der Waals surface area contributed by atoms with Crippen molar-refractivity contribution in [1.29, 1.82) is 0 Å². The Morgan fingerprint density at radius 2 is 1.95 bits per heavy atom. The molecule has 1 rings (SSSR count). The van der Waals surface area contributed by atoms with Gasteiger partial charge in [0.05, 0.1) is 5.25 Å². The highest BCUT2D eigenvalue weighted by Crippen LogP contribution is 2.30. The molecule has 19 heavy (non-hydrogen) atoms. The van der Waals surface area contributed by atoms with E-state index < -0.39 is 28.8 Å². The fraction of sp³-hybridized carbons (Fsp3) is 0.333. The van der Waals surface area contributed by atoms with Crippen LogP contribution in [0.25, 0.3) is 0 Å².